The number of nitrogens with one attached hydrogen (secondary N) is 1. The summed E-state index contributed by atoms with van der Waals surface area (Å²) in [7, 11) is 0. The first-order valence-corrected chi connectivity index (χ1v) is 5.07. The van der Waals surface area contributed by atoms with E-state index in [0.29, 0.717) is 6.54 Å². The van der Waals surface area contributed by atoms with E-state index in [2.05, 4.69) is 5.32 Å². The summed E-state index contributed by atoms with van der Waals surface area (Å²) in [5.41, 5.74) is 0.888. The molecule has 1 atom stereocenters. The molecular formula is C11H15NO4. The number of carbonyl (C=O) groups excluding carboxylic acids is 1. The molecule has 1 amide bonds. The average molecular weight is 225 g/mol. The smallest absolute Gasteiger partial charge is 0.303 e. The zero-order valence-electron chi connectivity index (χ0n) is 9.10. The average Bonchev–Trinajstić information content (AvgIpc) is 2.65. The second-order valence-electron chi connectivity index (χ2n) is 3.82. The van der Waals surface area contributed by atoms with E-state index >= 15 is 0 Å². The van der Waals surface area contributed by atoms with Crippen molar-refractivity contribution in [1.82, 2.24) is 5.32 Å². The number of hydrogen-bond acceptors (Lipinski definition) is 3. The van der Waals surface area contributed by atoms with Gasteiger partial charge >= 0.3 is 5.97 Å². The maximum atomic E-state index is 11.4. The minimum Gasteiger partial charge on any atom is -0.481 e. The van der Waals surface area contributed by atoms with Gasteiger partial charge in [-0.25, -0.2) is 0 Å². The standard InChI is InChI=1S/C11H15NO4/c1-8(5-11(14)15)4-10(13)12-6-9-2-3-16-7-9/h2-3,7-8H,4-6H2,1H3,(H,12,13)(H,14,15). The number of furan rings is 1. The molecule has 1 rings (SSSR count). The van der Waals surface area contributed by atoms with Crippen molar-refractivity contribution in [3.05, 3.63) is 24.2 Å². The highest BCUT2D eigenvalue weighted by atomic mass is 16.4. The second kappa shape index (κ2) is 5.95. The Morgan fingerprint density at radius 3 is 2.81 bits per heavy atom. The predicted molar refractivity (Wildman–Crippen MR) is 56.6 cm³/mol. The van der Waals surface area contributed by atoms with Gasteiger partial charge in [-0.15, -0.1) is 0 Å². The van der Waals surface area contributed by atoms with Crippen LogP contribution in [0.2, 0.25) is 0 Å². The molecule has 0 radical (unpaired) electrons. The zero-order valence-corrected chi connectivity index (χ0v) is 9.10. The largest absolute Gasteiger partial charge is 0.481 e. The van der Waals surface area contributed by atoms with Crippen molar-refractivity contribution in [1.29, 1.82) is 0 Å². The Labute approximate surface area is 93.4 Å². The van der Waals surface area contributed by atoms with Crippen molar-refractivity contribution in [3.8, 4) is 0 Å². The highest BCUT2D eigenvalue weighted by molar-refractivity contribution is 5.77. The summed E-state index contributed by atoms with van der Waals surface area (Å²) in [6, 6.07) is 1.76. The first kappa shape index (κ1) is 12.3. The van der Waals surface area contributed by atoms with Crippen LogP contribution in [0.1, 0.15) is 25.3 Å². The number of amides is 1. The highest BCUT2D eigenvalue weighted by Crippen LogP contribution is 2.07. The molecule has 1 heterocycles. The van der Waals surface area contributed by atoms with Crippen LogP contribution >= 0.6 is 0 Å². The molecule has 0 fully saturated rings. The normalized spacial score (nSPS) is 12.1. The van der Waals surface area contributed by atoms with E-state index in [1.807, 2.05) is 0 Å². The van der Waals surface area contributed by atoms with Crippen molar-refractivity contribution in [2.24, 2.45) is 5.92 Å². The predicted octanol–water partition coefficient (Wildman–Crippen LogP) is 1.40. The third-order valence-electron chi connectivity index (χ3n) is 2.13. The van der Waals surface area contributed by atoms with Crippen LogP contribution in [0.15, 0.2) is 23.0 Å². The lowest BCUT2D eigenvalue weighted by atomic mass is 10.0. The number of carboxylic acid groups (broad SMARTS) is 1. The summed E-state index contributed by atoms with van der Waals surface area (Å²) in [5, 5.41) is 11.2. The van der Waals surface area contributed by atoms with Crippen LogP contribution in [0.3, 0.4) is 0 Å². The number of hydrogen-bond donors (Lipinski definition) is 2. The van der Waals surface area contributed by atoms with Gasteiger partial charge in [0.05, 0.1) is 12.5 Å². The van der Waals surface area contributed by atoms with E-state index in [0.717, 1.165) is 5.56 Å². The molecule has 0 saturated carbocycles. The summed E-state index contributed by atoms with van der Waals surface area (Å²) < 4.78 is 4.85. The molecule has 0 aliphatic heterocycles. The van der Waals surface area contributed by atoms with Gasteiger partial charge in [0, 0.05) is 24.9 Å². The van der Waals surface area contributed by atoms with Crippen LogP contribution in [0.5, 0.6) is 0 Å². The molecule has 2 N–H and O–H groups in total. The van der Waals surface area contributed by atoms with E-state index in [9.17, 15) is 9.59 Å². The second-order valence-corrected chi connectivity index (χ2v) is 3.82. The maximum Gasteiger partial charge on any atom is 0.303 e. The summed E-state index contributed by atoms with van der Waals surface area (Å²) in [6.45, 7) is 2.15. The number of carbonyl (C=O) groups is 2. The molecule has 1 aromatic heterocycles. The molecule has 0 aromatic carbocycles. The van der Waals surface area contributed by atoms with Crippen molar-refractivity contribution in [2.75, 3.05) is 0 Å². The van der Waals surface area contributed by atoms with Gasteiger partial charge in [0.25, 0.3) is 0 Å². The minimum atomic E-state index is -0.880. The Kier molecular flexibility index (Phi) is 4.57. The summed E-state index contributed by atoms with van der Waals surface area (Å²) in [5.74, 6) is -1.17. The summed E-state index contributed by atoms with van der Waals surface area (Å²) in [4.78, 5) is 21.8. The fourth-order valence-electron chi connectivity index (χ4n) is 1.35. The number of aliphatic carboxylic acids is 1. The van der Waals surface area contributed by atoms with Gasteiger partial charge in [0.2, 0.25) is 5.91 Å². The van der Waals surface area contributed by atoms with E-state index in [4.69, 9.17) is 9.52 Å². The van der Waals surface area contributed by atoms with E-state index in [1.54, 1.807) is 19.3 Å². The molecule has 0 aliphatic rings. The van der Waals surface area contributed by atoms with Crippen LogP contribution in [0, 0.1) is 5.92 Å². The van der Waals surface area contributed by atoms with Crippen LogP contribution in [-0.4, -0.2) is 17.0 Å². The molecule has 1 aromatic rings. The molecule has 5 nitrogen and oxygen atoms in total. The van der Waals surface area contributed by atoms with Gasteiger partial charge in [0.15, 0.2) is 0 Å². The molecule has 1 unspecified atom stereocenters. The van der Waals surface area contributed by atoms with Crippen LogP contribution in [0.25, 0.3) is 0 Å². The van der Waals surface area contributed by atoms with Gasteiger partial charge in [-0.1, -0.05) is 6.92 Å². The van der Waals surface area contributed by atoms with Crippen LogP contribution < -0.4 is 5.32 Å². The van der Waals surface area contributed by atoms with Crippen molar-refractivity contribution >= 4 is 11.9 Å². The quantitative estimate of drug-likeness (QED) is 0.766. The zero-order chi connectivity index (χ0) is 12.0. The topological polar surface area (TPSA) is 79.5 Å². The number of carboxylic acids is 1. The Balaban J connectivity index is 2.23. The van der Waals surface area contributed by atoms with Gasteiger partial charge < -0.3 is 14.8 Å². The molecule has 88 valence electrons. The Bertz CT molecular complexity index is 345. The lowest BCUT2D eigenvalue weighted by molar-refractivity contribution is -0.138. The number of rotatable bonds is 6. The highest BCUT2D eigenvalue weighted by Gasteiger charge is 2.12. The first-order valence-electron chi connectivity index (χ1n) is 5.07. The molecule has 16 heavy (non-hydrogen) atoms. The van der Waals surface area contributed by atoms with Crippen LogP contribution in [0.4, 0.5) is 0 Å². The molecule has 0 saturated heterocycles. The van der Waals surface area contributed by atoms with E-state index in [1.165, 1.54) is 6.26 Å². The molecular weight excluding hydrogens is 210 g/mol. The fourth-order valence-corrected chi connectivity index (χ4v) is 1.35. The molecule has 0 aliphatic carbocycles. The molecule has 0 bridgehead atoms. The van der Waals surface area contributed by atoms with E-state index in [-0.39, 0.29) is 24.7 Å². The van der Waals surface area contributed by atoms with E-state index < -0.39 is 5.97 Å². The van der Waals surface area contributed by atoms with Gasteiger partial charge in [-0.2, -0.15) is 0 Å². The SMILES string of the molecule is CC(CC(=O)O)CC(=O)NCc1ccoc1. The van der Waals surface area contributed by atoms with Crippen molar-refractivity contribution in [3.63, 3.8) is 0 Å². The third kappa shape index (κ3) is 4.63. The van der Waals surface area contributed by atoms with Gasteiger partial charge in [-0.3, -0.25) is 9.59 Å². The third-order valence-corrected chi connectivity index (χ3v) is 2.13. The van der Waals surface area contributed by atoms with Crippen LogP contribution in [-0.2, 0) is 16.1 Å². The fraction of sp³-hybridized carbons (Fsp3) is 0.455. The Hall–Kier alpha value is -1.78. The maximum absolute atomic E-state index is 11.4. The lowest BCUT2D eigenvalue weighted by Gasteiger charge is -2.08. The summed E-state index contributed by atoms with van der Waals surface area (Å²) in [6.07, 6.45) is 3.33. The molecule has 0 spiro atoms. The molecule has 5 heteroatoms. The van der Waals surface area contributed by atoms with Crippen molar-refractivity contribution < 1.29 is 19.1 Å². The monoisotopic (exact) mass is 225 g/mol. The lowest BCUT2D eigenvalue weighted by Crippen LogP contribution is -2.24. The summed E-state index contributed by atoms with van der Waals surface area (Å²) >= 11 is 0. The Morgan fingerprint density at radius 2 is 2.25 bits per heavy atom. The first-order chi connectivity index (χ1) is 7.58. The minimum absolute atomic E-state index is 0.0130. The van der Waals surface area contributed by atoms with Gasteiger partial charge in [0.1, 0.15) is 0 Å². The Morgan fingerprint density at radius 1 is 1.50 bits per heavy atom. The van der Waals surface area contributed by atoms with Gasteiger partial charge in [-0.05, 0) is 12.0 Å². The van der Waals surface area contributed by atoms with Crippen molar-refractivity contribution in [2.45, 2.75) is 26.3 Å².